The molecule has 0 unspecified atom stereocenters. The molecule has 0 radical (unpaired) electrons. The van der Waals surface area contributed by atoms with Crippen LogP contribution >= 0.6 is 0 Å². The summed E-state index contributed by atoms with van der Waals surface area (Å²) in [5.74, 6) is 0. The fourth-order valence-electron chi connectivity index (χ4n) is 2.22. The van der Waals surface area contributed by atoms with Crippen molar-refractivity contribution >= 4 is 0 Å². The summed E-state index contributed by atoms with van der Waals surface area (Å²) < 4.78 is 0. The van der Waals surface area contributed by atoms with E-state index in [0.29, 0.717) is 5.54 Å². The van der Waals surface area contributed by atoms with E-state index in [1.807, 2.05) is 7.05 Å². The van der Waals surface area contributed by atoms with Gasteiger partial charge in [-0.2, -0.15) is 0 Å². The van der Waals surface area contributed by atoms with Gasteiger partial charge in [0.1, 0.15) is 0 Å². The van der Waals surface area contributed by atoms with Crippen molar-refractivity contribution < 1.29 is 0 Å². The molecule has 0 aromatic carbocycles. The standard InChI is InChI=1S/C10H22N2/c1-11-9-8-10(12-2)6-4-3-5-7-10/h11-12H,3-9H2,1-2H3. The summed E-state index contributed by atoms with van der Waals surface area (Å²) in [4.78, 5) is 0. The van der Waals surface area contributed by atoms with Gasteiger partial charge in [-0.05, 0) is 39.9 Å². The first-order valence-corrected chi connectivity index (χ1v) is 5.16. The Hall–Kier alpha value is -0.0800. The monoisotopic (exact) mass is 170 g/mol. The number of hydrogen-bond acceptors (Lipinski definition) is 2. The minimum atomic E-state index is 0.460. The highest BCUT2D eigenvalue weighted by atomic mass is 15.0. The van der Waals surface area contributed by atoms with Crippen LogP contribution in [0.1, 0.15) is 38.5 Å². The lowest BCUT2D eigenvalue weighted by atomic mass is 9.79. The fourth-order valence-corrected chi connectivity index (χ4v) is 2.22. The van der Waals surface area contributed by atoms with Crippen LogP contribution in [0.3, 0.4) is 0 Å². The first-order chi connectivity index (χ1) is 5.83. The Labute approximate surface area is 76.1 Å². The molecule has 2 N–H and O–H groups in total. The van der Waals surface area contributed by atoms with Crippen molar-refractivity contribution in [1.29, 1.82) is 0 Å². The van der Waals surface area contributed by atoms with Crippen LogP contribution in [-0.4, -0.2) is 26.2 Å². The lowest BCUT2D eigenvalue weighted by Gasteiger charge is -2.37. The SMILES string of the molecule is CNCCC1(NC)CCCCC1. The van der Waals surface area contributed by atoms with E-state index in [1.54, 1.807) is 0 Å². The Morgan fingerprint density at radius 3 is 2.25 bits per heavy atom. The first-order valence-electron chi connectivity index (χ1n) is 5.16. The zero-order chi connectivity index (χ0) is 8.86. The van der Waals surface area contributed by atoms with Crippen LogP contribution < -0.4 is 10.6 Å². The maximum absolute atomic E-state index is 3.51. The summed E-state index contributed by atoms with van der Waals surface area (Å²) in [6.07, 6.45) is 8.26. The Balaban J connectivity index is 2.37. The molecule has 0 heterocycles. The van der Waals surface area contributed by atoms with E-state index in [1.165, 1.54) is 38.5 Å². The van der Waals surface area contributed by atoms with Crippen LogP contribution in [0.4, 0.5) is 0 Å². The van der Waals surface area contributed by atoms with E-state index >= 15 is 0 Å². The molecule has 1 fully saturated rings. The molecular formula is C10H22N2. The van der Waals surface area contributed by atoms with E-state index < -0.39 is 0 Å². The molecule has 0 aromatic heterocycles. The van der Waals surface area contributed by atoms with E-state index in [2.05, 4.69) is 17.7 Å². The van der Waals surface area contributed by atoms with Gasteiger partial charge in [0, 0.05) is 5.54 Å². The molecule has 1 aliphatic rings. The van der Waals surface area contributed by atoms with E-state index in [0.717, 1.165) is 6.54 Å². The largest absolute Gasteiger partial charge is 0.320 e. The normalized spacial score (nSPS) is 22.5. The second-order valence-electron chi connectivity index (χ2n) is 3.94. The highest BCUT2D eigenvalue weighted by Gasteiger charge is 2.28. The molecule has 0 aromatic rings. The van der Waals surface area contributed by atoms with Crippen molar-refractivity contribution in [2.75, 3.05) is 20.6 Å². The molecule has 0 spiro atoms. The molecule has 2 heteroatoms. The molecule has 1 rings (SSSR count). The number of rotatable bonds is 4. The fraction of sp³-hybridized carbons (Fsp3) is 1.00. The van der Waals surface area contributed by atoms with Gasteiger partial charge in [-0.1, -0.05) is 19.3 Å². The highest BCUT2D eigenvalue weighted by Crippen LogP contribution is 2.30. The van der Waals surface area contributed by atoms with Gasteiger partial charge in [-0.3, -0.25) is 0 Å². The lowest BCUT2D eigenvalue weighted by molar-refractivity contribution is 0.230. The molecule has 0 amide bonds. The predicted molar refractivity (Wildman–Crippen MR) is 53.4 cm³/mol. The highest BCUT2D eigenvalue weighted by molar-refractivity contribution is 4.89. The van der Waals surface area contributed by atoms with Crippen molar-refractivity contribution in [2.24, 2.45) is 0 Å². The van der Waals surface area contributed by atoms with E-state index in [4.69, 9.17) is 0 Å². The zero-order valence-corrected chi connectivity index (χ0v) is 8.45. The average molecular weight is 170 g/mol. The van der Waals surface area contributed by atoms with Crippen LogP contribution in [0.5, 0.6) is 0 Å². The molecule has 12 heavy (non-hydrogen) atoms. The molecule has 1 aliphatic carbocycles. The molecule has 1 saturated carbocycles. The van der Waals surface area contributed by atoms with Gasteiger partial charge < -0.3 is 10.6 Å². The molecular weight excluding hydrogens is 148 g/mol. The van der Waals surface area contributed by atoms with Gasteiger partial charge in [0.25, 0.3) is 0 Å². The Kier molecular flexibility index (Phi) is 4.02. The topological polar surface area (TPSA) is 24.1 Å². The Bertz CT molecular complexity index is 117. The lowest BCUT2D eigenvalue weighted by Crippen LogP contribution is -2.46. The number of hydrogen-bond donors (Lipinski definition) is 2. The maximum Gasteiger partial charge on any atom is 0.0190 e. The van der Waals surface area contributed by atoms with Crippen LogP contribution in [0.25, 0.3) is 0 Å². The Morgan fingerprint density at radius 1 is 1.08 bits per heavy atom. The number of nitrogens with one attached hydrogen (secondary N) is 2. The quantitative estimate of drug-likeness (QED) is 0.668. The van der Waals surface area contributed by atoms with Gasteiger partial charge in [0.2, 0.25) is 0 Å². The maximum atomic E-state index is 3.51. The summed E-state index contributed by atoms with van der Waals surface area (Å²) in [5, 5.41) is 6.75. The van der Waals surface area contributed by atoms with Crippen molar-refractivity contribution in [2.45, 2.75) is 44.1 Å². The van der Waals surface area contributed by atoms with Crippen molar-refractivity contribution in [3.05, 3.63) is 0 Å². The first kappa shape index (κ1) is 10.0. The summed E-state index contributed by atoms with van der Waals surface area (Å²) in [5.41, 5.74) is 0.460. The zero-order valence-electron chi connectivity index (χ0n) is 8.45. The predicted octanol–water partition coefficient (Wildman–Crippen LogP) is 1.52. The van der Waals surface area contributed by atoms with Gasteiger partial charge in [-0.15, -0.1) is 0 Å². The van der Waals surface area contributed by atoms with Crippen LogP contribution in [0.2, 0.25) is 0 Å². The van der Waals surface area contributed by atoms with Crippen LogP contribution in [-0.2, 0) is 0 Å². The van der Waals surface area contributed by atoms with Gasteiger partial charge in [0.05, 0.1) is 0 Å². The molecule has 0 bridgehead atoms. The molecule has 72 valence electrons. The van der Waals surface area contributed by atoms with Crippen molar-refractivity contribution in [3.8, 4) is 0 Å². The van der Waals surface area contributed by atoms with Crippen molar-refractivity contribution in [1.82, 2.24) is 10.6 Å². The van der Waals surface area contributed by atoms with Gasteiger partial charge in [-0.25, -0.2) is 0 Å². The van der Waals surface area contributed by atoms with Crippen LogP contribution in [0, 0.1) is 0 Å². The molecule has 0 saturated heterocycles. The third-order valence-electron chi connectivity index (χ3n) is 3.19. The molecule has 2 nitrogen and oxygen atoms in total. The minimum absolute atomic E-state index is 0.460. The molecule has 0 atom stereocenters. The second-order valence-corrected chi connectivity index (χ2v) is 3.94. The second kappa shape index (κ2) is 4.83. The smallest absolute Gasteiger partial charge is 0.0190 e. The summed E-state index contributed by atoms with van der Waals surface area (Å²) in [6.45, 7) is 1.14. The average Bonchev–Trinajstić information content (AvgIpc) is 2.16. The summed E-state index contributed by atoms with van der Waals surface area (Å²) in [6, 6.07) is 0. The third kappa shape index (κ3) is 2.46. The van der Waals surface area contributed by atoms with E-state index in [9.17, 15) is 0 Å². The third-order valence-corrected chi connectivity index (χ3v) is 3.19. The molecule has 0 aliphatic heterocycles. The summed E-state index contributed by atoms with van der Waals surface area (Å²) >= 11 is 0. The summed E-state index contributed by atoms with van der Waals surface area (Å²) in [7, 11) is 4.15. The van der Waals surface area contributed by atoms with E-state index in [-0.39, 0.29) is 0 Å². The van der Waals surface area contributed by atoms with Crippen molar-refractivity contribution in [3.63, 3.8) is 0 Å². The van der Waals surface area contributed by atoms with Gasteiger partial charge in [0.15, 0.2) is 0 Å². The minimum Gasteiger partial charge on any atom is -0.320 e. The van der Waals surface area contributed by atoms with Gasteiger partial charge >= 0.3 is 0 Å². The Morgan fingerprint density at radius 2 is 1.75 bits per heavy atom. The van der Waals surface area contributed by atoms with Crippen LogP contribution in [0.15, 0.2) is 0 Å².